The summed E-state index contributed by atoms with van der Waals surface area (Å²) in [5.41, 5.74) is 7.33. The van der Waals surface area contributed by atoms with E-state index in [2.05, 4.69) is 0 Å². The maximum Gasteiger partial charge on any atom is 0.323 e. The van der Waals surface area contributed by atoms with Gasteiger partial charge in [-0.05, 0) is 44.0 Å². The lowest BCUT2D eigenvalue weighted by Crippen LogP contribution is -2.37. The van der Waals surface area contributed by atoms with Gasteiger partial charge in [-0.3, -0.25) is 9.59 Å². The van der Waals surface area contributed by atoms with E-state index in [4.69, 9.17) is 10.8 Å². The van der Waals surface area contributed by atoms with Gasteiger partial charge in [-0.1, -0.05) is 6.92 Å². The molecule has 1 unspecified atom stereocenters. The zero-order valence-corrected chi connectivity index (χ0v) is 11.5. The van der Waals surface area contributed by atoms with Crippen LogP contribution in [0, 0.1) is 6.92 Å². The zero-order chi connectivity index (χ0) is 14.6. The van der Waals surface area contributed by atoms with Gasteiger partial charge >= 0.3 is 5.97 Å². The van der Waals surface area contributed by atoms with E-state index in [9.17, 15) is 9.59 Å². The summed E-state index contributed by atoms with van der Waals surface area (Å²) >= 11 is 0. The third-order valence-electron chi connectivity index (χ3n) is 3.22. The summed E-state index contributed by atoms with van der Waals surface area (Å²) in [6.07, 6.45) is 0.838. The number of carboxylic acids is 1. The van der Waals surface area contributed by atoms with Gasteiger partial charge in [-0.15, -0.1) is 0 Å². The second-order valence-corrected chi connectivity index (χ2v) is 4.64. The van der Waals surface area contributed by atoms with Gasteiger partial charge in [-0.25, -0.2) is 0 Å². The zero-order valence-electron chi connectivity index (χ0n) is 11.5. The third-order valence-corrected chi connectivity index (χ3v) is 3.22. The van der Waals surface area contributed by atoms with E-state index < -0.39 is 11.9 Å². The van der Waals surface area contributed by atoms with Gasteiger partial charge < -0.3 is 15.7 Å². The molecule has 0 saturated carbocycles. The first-order chi connectivity index (χ1) is 8.86. The fraction of sp³-hybridized carbons (Fsp3) is 0.429. The molecule has 0 aliphatic heterocycles. The highest BCUT2D eigenvalue weighted by atomic mass is 16.4. The van der Waals surface area contributed by atoms with E-state index in [1.807, 2.05) is 25.7 Å². The molecular formula is C14H20N2O3. The lowest BCUT2D eigenvalue weighted by molar-refractivity contribution is -0.135. The molecule has 0 aromatic heterocycles. The molecule has 0 fully saturated rings. The molecule has 0 spiro atoms. The second kappa shape index (κ2) is 6.22. The Morgan fingerprint density at radius 3 is 2.47 bits per heavy atom. The molecule has 0 heterocycles. The van der Waals surface area contributed by atoms with Crippen molar-refractivity contribution in [2.75, 3.05) is 11.4 Å². The number of nitrogens with two attached hydrogens (primary N) is 1. The molecule has 19 heavy (non-hydrogen) atoms. The van der Waals surface area contributed by atoms with Crippen LogP contribution in [0.3, 0.4) is 0 Å². The number of hydrogen-bond acceptors (Lipinski definition) is 3. The van der Waals surface area contributed by atoms with E-state index in [1.54, 1.807) is 18.2 Å². The van der Waals surface area contributed by atoms with Crippen LogP contribution in [-0.4, -0.2) is 29.6 Å². The van der Waals surface area contributed by atoms with Crippen LogP contribution in [0.2, 0.25) is 0 Å². The summed E-state index contributed by atoms with van der Waals surface area (Å²) in [4.78, 5) is 23.9. The van der Waals surface area contributed by atoms with Crippen molar-refractivity contribution in [3.05, 3.63) is 29.3 Å². The van der Waals surface area contributed by atoms with Crippen LogP contribution < -0.4 is 10.6 Å². The van der Waals surface area contributed by atoms with Crippen LogP contribution in [0.5, 0.6) is 0 Å². The molecule has 5 heteroatoms. The Labute approximate surface area is 113 Å². The number of anilines is 1. The summed E-state index contributed by atoms with van der Waals surface area (Å²) in [6, 6.07) is 5.18. The summed E-state index contributed by atoms with van der Waals surface area (Å²) in [5, 5.41) is 9.01. The van der Waals surface area contributed by atoms with E-state index in [0.29, 0.717) is 5.56 Å². The second-order valence-electron chi connectivity index (χ2n) is 4.64. The lowest BCUT2D eigenvalue weighted by atomic mass is 10.1. The predicted octanol–water partition coefficient (Wildman–Crippen LogP) is 1.78. The molecule has 5 nitrogen and oxygen atoms in total. The number of aryl methyl sites for hydroxylation is 1. The largest absolute Gasteiger partial charge is 0.480 e. The van der Waals surface area contributed by atoms with Crippen molar-refractivity contribution >= 4 is 17.6 Å². The minimum absolute atomic E-state index is 0.0637. The van der Waals surface area contributed by atoms with Crippen LogP contribution in [0.15, 0.2) is 18.2 Å². The Morgan fingerprint density at radius 2 is 2.05 bits per heavy atom. The Kier molecular flexibility index (Phi) is 4.92. The van der Waals surface area contributed by atoms with Crippen molar-refractivity contribution in [1.29, 1.82) is 0 Å². The van der Waals surface area contributed by atoms with Crippen LogP contribution in [0.4, 0.5) is 5.69 Å². The average Bonchev–Trinajstić information content (AvgIpc) is 2.35. The van der Waals surface area contributed by atoms with Crippen molar-refractivity contribution < 1.29 is 14.7 Å². The van der Waals surface area contributed by atoms with Crippen molar-refractivity contribution in [2.45, 2.75) is 33.2 Å². The Balaban J connectivity index is 3.15. The molecule has 0 bridgehead atoms. The number of aliphatic carboxylic acids is 1. The first-order valence-electron chi connectivity index (χ1n) is 6.25. The maximum atomic E-state index is 11.1. The van der Waals surface area contributed by atoms with Gasteiger partial charge in [0.2, 0.25) is 5.91 Å². The molecule has 0 saturated heterocycles. The SMILES string of the molecule is CCC(C)N(CC(=O)O)c1ccc(C(N)=O)cc1C. The molecule has 1 atom stereocenters. The highest BCUT2D eigenvalue weighted by Crippen LogP contribution is 2.24. The number of carbonyl (C=O) groups excluding carboxylic acids is 1. The number of primary amides is 1. The fourth-order valence-corrected chi connectivity index (χ4v) is 1.98. The quantitative estimate of drug-likeness (QED) is 0.820. The molecule has 1 amide bonds. The van der Waals surface area contributed by atoms with Crippen molar-refractivity contribution in [3.8, 4) is 0 Å². The molecule has 1 aromatic rings. The van der Waals surface area contributed by atoms with E-state index in [-0.39, 0.29) is 12.6 Å². The first kappa shape index (κ1) is 15.0. The number of rotatable bonds is 6. The van der Waals surface area contributed by atoms with Gasteiger partial charge in [0.15, 0.2) is 0 Å². The molecule has 1 rings (SSSR count). The molecule has 0 aliphatic rings. The highest BCUT2D eigenvalue weighted by molar-refractivity contribution is 5.93. The Bertz CT molecular complexity index is 486. The predicted molar refractivity (Wildman–Crippen MR) is 74.4 cm³/mol. The van der Waals surface area contributed by atoms with Crippen LogP contribution in [-0.2, 0) is 4.79 Å². The Hall–Kier alpha value is -2.04. The third kappa shape index (κ3) is 3.71. The average molecular weight is 264 g/mol. The smallest absolute Gasteiger partial charge is 0.323 e. The standard InChI is InChI=1S/C14H20N2O3/c1-4-10(3)16(8-13(17)18)12-6-5-11(14(15)19)7-9(12)2/h5-7,10H,4,8H2,1-3H3,(H2,15,19)(H,17,18). The minimum Gasteiger partial charge on any atom is -0.480 e. The molecule has 3 N–H and O–H groups in total. The van der Waals surface area contributed by atoms with Gasteiger partial charge in [0.1, 0.15) is 6.54 Å². The fourth-order valence-electron chi connectivity index (χ4n) is 1.98. The molecule has 1 aromatic carbocycles. The Morgan fingerprint density at radius 1 is 1.42 bits per heavy atom. The lowest BCUT2D eigenvalue weighted by Gasteiger charge is -2.30. The summed E-state index contributed by atoms with van der Waals surface area (Å²) in [6.45, 7) is 5.77. The first-order valence-corrected chi connectivity index (χ1v) is 6.25. The van der Waals surface area contributed by atoms with Gasteiger partial charge in [0.25, 0.3) is 0 Å². The van der Waals surface area contributed by atoms with E-state index in [1.165, 1.54) is 0 Å². The molecule has 0 aliphatic carbocycles. The summed E-state index contributed by atoms with van der Waals surface area (Å²) in [5.74, 6) is -1.36. The minimum atomic E-state index is -0.876. The highest BCUT2D eigenvalue weighted by Gasteiger charge is 2.18. The van der Waals surface area contributed by atoms with E-state index >= 15 is 0 Å². The van der Waals surface area contributed by atoms with Crippen molar-refractivity contribution in [2.24, 2.45) is 5.73 Å². The topological polar surface area (TPSA) is 83.6 Å². The molecular weight excluding hydrogens is 244 g/mol. The number of nitrogens with zero attached hydrogens (tertiary/aromatic N) is 1. The van der Waals surface area contributed by atoms with E-state index in [0.717, 1.165) is 17.7 Å². The van der Waals surface area contributed by atoms with Crippen LogP contribution in [0.1, 0.15) is 36.2 Å². The van der Waals surface area contributed by atoms with Gasteiger partial charge in [-0.2, -0.15) is 0 Å². The normalized spacial score (nSPS) is 11.9. The number of benzene rings is 1. The van der Waals surface area contributed by atoms with Crippen LogP contribution >= 0.6 is 0 Å². The van der Waals surface area contributed by atoms with Gasteiger partial charge in [0.05, 0.1) is 0 Å². The van der Waals surface area contributed by atoms with Gasteiger partial charge in [0, 0.05) is 17.3 Å². The molecule has 0 radical (unpaired) electrons. The number of carbonyl (C=O) groups is 2. The van der Waals surface area contributed by atoms with Crippen molar-refractivity contribution in [1.82, 2.24) is 0 Å². The molecule has 104 valence electrons. The van der Waals surface area contributed by atoms with Crippen molar-refractivity contribution in [3.63, 3.8) is 0 Å². The van der Waals surface area contributed by atoms with Crippen LogP contribution in [0.25, 0.3) is 0 Å². The summed E-state index contributed by atoms with van der Waals surface area (Å²) < 4.78 is 0. The number of hydrogen-bond donors (Lipinski definition) is 2. The maximum absolute atomic E-state index is 11.1. The number of carboxylic acid groups (broad SMARTS) is 1. The summed E-state index contributed by atoms with van der Waals surface area (Å²) in [7, 11) is 0. The number of amides is 1. The monoisotopic (exact) mass is 264 g/mol.